The molecule has 0 saturated carbocycles. The van der Waals surface area contributed by atoms with Gasteiger partial charge >= 0.3 is 6.18 Å². The number of benzene rings is 2. The fourth-order valence-corrected chi connectivity index (χ4v) is 2.54. The summed E-state index contributed by atoms with van der Waals surface area (Å²) in [5.74, 6) is 0.482. The summed E-state index contributed by atoms with van der Waals surface area (Å²) >= 11 is 3.31. The minimum Gasteiger partial charge on any atom is -0.486 e. The van der Waals surface area contributed by atoms with Gasteiger partial charge in [-0.15, -0.1) is 0 Å². The summed E-state index contributed by atoms with van der Waals surface area (Å²) in [6.07, 6.45) is -4.36. The van der Waals surface area contributed by atoms with Crippen LogP contribution in [0, 0.1) is 6.92 Å². The molecule has 6 heteroatoms. The van der Waals surface area contributed by atoms with E-state index in [1.807, 2.05) is 13.0 Å². The molecular formula is C15H13BrF3NO. The molecule has 21 heavy (non-hydrogen) atoms. The second-order valence-electron chi connectivity index (χ2n) is 4.63. The van der Waals surface area contributed by atoms with Gasteiger partial charge < -0.3 is 10.5 Å². The van der Waals surface area contributed by atoms with Crippen LogP contribution in [0.15, 0.2) is 40.9 Å². The second kappa shape index (κ2) is 5.97. The molecule has 0 aliphatic carbocycles. The average Bonchev–Trinajstić information content (AvgIpc) is 2.36. The first kappa shape index (κ1) is 15.7. The Morgan fingerprint density at radius 3 is 2.52 bits per heavy atom. The number of hydrogen-bond acceptors (Lipinski definition) is 2. The normalized spacial score (nSPS) is 11.5. The van der Waals surface area contributed by atoms with Crippen LogP contribution in [0.25, 0.3) is 0 Å². The fourth-order valence-electron chi connectivity index (χ4n) is 1.95. The summed E-state index contributed by atoms with van der Waals surface area (Å²) in [6, 6.07) is 8.57. The molecule has 0 atom stereocenters. The Morgan fingerprint density at radius 1 is 1.19 bits per heavy atom. The first-order valence-electron chi connectivity index (χ1n) is 6.12. The average molecular weight is 360 g/mol. The highest BCUT2D eigenvalue weighted by molar-refractivity contribution is 9.10. The Kier molecular flexibility index (Phi) is 4.46. The summed E-state index contributed by atoms with van der Waals surface area (Å²) in [4.78, 5) is 0. The second-order valence-corrected chi connectivity index (χ2v) is 5.54. The molecule has 0 radical (unpaired) electrons. The molecule has 0 amide bonds. The van der Waals surface area contributed by atoms with Crippen LogP contribution in [0.4, 0.5) is 18.9 Å². The molecule has 112 valence electrons. The van der Waals surface area contributed by atoms with E-state index in [1.165, 1.54) is 6.07 Å². The molecule has 0 aromatic heterocycles. The molecule has 2 aromatic carbocycles. The number of aryl methyl sites for hydroxylation is 1. The molecule has 0 aliphatic heterocycles. The van der Waals surface area contributed by atoms with Gasteiger partial charge in [-0.3, -0.25) is 0 Å². The largest absolute Gasteiger partial charge is 0.486 e. The van der Waals surface area contributed by atoms with E-state index in [-0.39, 0.29) is 6.61 Å². The lowest BCUT2D eigenvalue weighted by molar-refractivity contribution is -0.137. The van der Waals surface area contributed by atoms with Gasteiger partial charge in [0.15, 0.2) is 0 Å². The molecule has 0 unspecified atom stereocenters. The van der Waals surface area contributed by atoms with Crippen molar-refractivity contribution < 1.29 is 17.9 Å². The van der Waals surface area contributed by atoms with Crippen LogP contribution in [0.2, 0.25) is 0 Å². The van der Waals surface area contributed by atoms with E-state index in [0.717, 1.165) is 22.2 Å². The number of ether oxygens (including phenoxy) is 1. The summed E-state index contributed by atoms with van der Waals surface area (Å²) in [5, 5.41) is 0. The molecule has 2 N–H and O–H groups in total. The van der Waals surface area contributed by atoms with Crippen LogP contribution < -0.4 is 10.5 Å². The van der Waals surface area contributed by atoms with Crippen LogP contribution in [0.5, 0.6) is 5.75 Å². The maximum Gasteiger partial charge on any atom is 0.416 e. The van der Waals surface area contributed by atoms with Gasteiger partial charge in [-0.2, -0.15) is 13.2 Å². The van der Waals surface area contributed by atoms with Crippen molar-refractivity contribution in [3.8, 4) is 5.75 Å². The Morgan fingerprint density at radius 2 is 1.90 bits per heavy atom. The van der Waals surface area contributed by atoms with Crippen molar-refractivity contribution in [2.24, 2.45) is 0 Å². The Balaban J connectivity index is 2.18. The summed E-state index contributed by atoms with van der Waals surface area (Å²) < 4.78 is 44.3. The highest BCUT2D eigenvalue weighted by Crippen LogP contribution is 2.32. The minimum absolute atomic E-state index is 0.0244. The molecule has 0 fully saturated rings. The first-order chi connectivity index (χ1) is 9.77. The molecule has 2 rings (SSSR count). The Hall–Kier alpha value is -1.69. The van der Waals surface area contributed by atoms with Gasteiger partial charge in [-0.25, -0.2) is 0 Å². The molecule has 0 spiro atoms. The van der Waals surface area contributed by atoms with Crippen molar-refractivity contribution in [1.29, 1.82) is 0 Å². The molecular weight excluding hydrogens is 347 g/mol. The van der Waals surface area contributed by atoms with Crippen molar-refractivity contribution in [1.82, 2.24) is 0 Å². The molecule has 0 bridgehead atoms. The Labute approximate surface area is 128 Å². The molecule has 2 aromatic rings. The van der Waals surface area contributed by atoms with Crippen LogP contribution in [-0.2, 0) is 12.8 Å². The smallest absolute Gasteiger partial charge is 0.416 e. The highest BCUT2D eigenvalue weighted by Gasteiger charge is 2.30. The third-order valence-electron chi connectivity index (χ3n) is 2.91. The zero-order valence-corrected chi connectivity index (χ0v) is 12.8. The third-order valence-corrected chi connectivity index (χ3v) is 3.36. The number of rotatable bonds is 3. The fraction of sp³-hybridized carbons (Fsp3) is 0.200. The van der Waals surface area contributed by atoms with Gasteiger partial charge in [0.05, 0.1) is 11.3 Å². The molecule has 0 heterocycles. The number of halogens is 4. The molecule has 0 saturated heterocycles. The van der Waals surface area contributed by atoms with Crippen LogP contribution in [0.1, 0.15) is 16.7 Å². The van der Waals surface area contributed by atoms with Crippen molar-refractivity contribution >= 4 is 21.6 Å². The third kappa shape index (κ3) is 3.91. The summed E-state index contributed by atoms with van der Waals surface area (Å²) in [5.41, 5.74) is 6.85. The summed E-state index contributed by atoms with van der Waals surface area (Å²) in [6.45, 7) is 1.85. The van der Waals surface area contributed by atoms with E-state index < -0.39 is 11.7 Å². The zero-order chi connectivity index (χ0) is 15.6. The van der Waals surface area contributed by atoms with E-state index in [1.54, 1.807) is 12.1 Å². The van der Waals surface area contributed by atoms with Gasteiger partial charge in [0.25, 0.3) is 0 Å². The SMILES string of the molecule is Cc1cc(Br)cc(N)c1OCc1cccc(C(F)(F)F)c1. The topological polar surface area (TPSA) is 35.2 Å². The minimum atomic E-state index is -4.36. The number of anilines is 1. The molecule has 2 nitrogen and oxygen atoms in total. The van der Waals surface area contributed by atoms with Crippen LogP contribution in [-0.4, -0.2) is 0 Å². The van der Waals surface area contributed by atoms with Crippen molar-refractivity contribution in [3.63, 3.8) is 0 Å². The predicted molar refractivity (Wildman–Crippen MR) is 79.1 cm³/mol. The Bertz CT molecular complexity index is 633. The number of nitrogens with two attached hydrogens (primary N) is 1. The zero-order valence-electron chi connectivity index (χ0n) is 11.2. The van der Waals surface area contributed by atoms with Gasteiger partial charge in [0, 0.05) is 4.47 Å². The number of alkyl halides is 3. The highest BCUT2D eigenvalue weighted by atomic mass is 79.9. The number of hydrogen-bond donors (Lipinski definition) is 1. The van der Waals surface area contributed by atoms with Crippen molar-refractivity contribution in [2.45, 2.75) is 19.7 Å². The van der Waals surface area contributed by atoms with Gasteiger partial charge in [0.2, 0.25) is 0 Å². The predicted octanol–water partition coefficient (Wildman–Crippen LogP) is 4.94. The van der Waals surface area contributed by atoms with E-state index in [0.29, 0.717) is 17.0 Å². The van der Waals surface area contributed by atoms with Gasteiger partial charge in [0.1, 0.15) is 12.4 Å². The lowest BCUT2D eigenvalue weighted by atomic mass is 10.1. The van der Waals surface area contributed by atoms with Gasteiger partial charge in [-0.1, -0.05) is 28.1 Å². The monoisotopic (exact) mass is 359 g/mol. The van der Waals surface area contributed by atoms with E-state index in [9.17, 15) is 13.2 Å². The van der Waals surface area contributed by atoms with E-state index in [2.05, 4.69) is 15.9 Å². The quantitative estimate of drug-likeness (QED) is 0.788. The van der Waals surface area contributed by atoms with E-state index >= 15 is 0 Å². The number of nitrogen functional groups attached to an aromatic ring is 1. The van der Waals surface area contributed by atoms with Crippen molar-refractivity contribution in [2.75, 3.05) is 5.73 Å². The lowest BCUT2D eigenvalue weighted by Gasteiger charge is -2.13. The maximum absolute atomic E-state index is 12.6. The van der Waals surface area contributed by atoms with Gasteiger partial charge in [-0.05, 0) is 42.3 Å². The molecule has 0 aliphatic rings. The maximum atomic E-state index is 12.6. The van der Waals surface area contributed by atoms with Crippen LogP contribution in [0.3, 0.4) is 0 Å². The van der Waals surface area contributed by atoms with Crippen LogP contribution >= 0.6 is 15.9 Å². The lowest BCUT2D eigenvalue weighted by Crippen LogP contribution is -2.06. The summed E-state index contributed by atoms with van der Waals surface area (Å²) in [7, 11) is 0. The van der Waals surface area contributed by atoms with E-state index in [4.69, 9.17) is 10.5 Å². The standard InChI is InChI=1S/C15H13BrF3NO/c1-9-5-12(16)7-13(20)14(9)21-8-10-3-2-4-11(6-10)15(17,18)19/h2-7H,8,20H2,1H3. The van der Waals surface area contributed by atoms with Crippen molar-refractivity contribution in [3.05, 3.63) is 57.6 Å². The first-order valence-corrected chi connectivity index (χ1v) is 6.91.